The third kappa shape index (κ3) is 2.98. The van der Waals surface area contributed by atoms with Crippen LogP contribution in [0.5, 0.6) is 0 Å². The molecule has 1 amide bonds. The first kappa shape index (κ1) is 18.7. The fourth-order valence-electron chi connectivity index (χ4n) is 3.98. The summed E-state index contributed by atoms with van der Waals surface area (Å²) < 4.78 is 13.5. The lowest BCUT2D eigenvalue weighted by Crippen LogP contribution is -2.29. The van der Waals surface area contributed by atoms with Crippen molar-refractivity contribution in [3.63, 3.8) is 0 Å². The molecule has 31 heavy (non-hydrogen) atoms. The van der Waals surface area contributed by atoms with Crippen molar-refractivity contribution >= 4 is 34.0 Å². The van der Waals surface area contributed by atoms with Gasteiger partial charge in [0, 0.05) is 46.3 Å². The maximum atomic E-state index is 13.5. The maximum Gasteiger partial charge on any atom is 0.300 e. The summed E-state index contributed by atoms with van der Waals surface area (Å²) in [6, 6.07) is 15.0. The summed E-state index contributed by atoms with van der Waals surface area (Å²) in [5, 5.41) is 11.8. The van der Waals surface area contributed by atoms with Gasteiger partial charge in [-0.3, -0.25) is 19.5 Å². The Morgan fingerprint density at radius 3 is 2.45 bits per heavy atom. The molecule has 0 saturated carbocycles. The van der Waals surface area contributed by atoms with Gasteiger partial charge >= 0.3 is 0 Å². The predicted molar refractivity (Wildman–Crippen MR) is 114 cm³/mol. The molecule has 4 aromatic rings. The predicted octanol–water partition coefficient (Wildman–Crippen LogP) is 4.33. The van der Waals surface area contributed by atoms with Crippen LogP contribution in [-0.4, -0.2) is 26.8 Å². The van der Waals surface area contributed by atoms with E-state index in [0.717, 1.165) is 10.9 Å². The first-order chi connectivity index (χ1) is 15.1. The number of Topliss-reactive ketones (excluding diaryl/α,β-unsaturated/α-hetero) is 1. The van der Waals surface area contributed by atoms with Crippen LogP contribution in [0.3, 0.4) is 0 Å². The van der Waals surface area contributed by atoms with Gasteiger partial charge in [-0.25, -0.2) is 4.39 Å². The molecule has 7 heteroatoms. The van der Waals surface area contributed by atoms with Crippen molar-refractivity contribution in [2.45, 2.75) is 6.04 Å². The van der Waals surface area contributed by atoms with Crippen LogP contribution in [0.15, 0.2) is 84.8 Å². The molecule has 0 aliphatic carbocycles. The Hall–Kier alpha value is -4.26. The first-order valence-corrected chi connectivity index (χ1v) is 9.59. The number of benzene rings is 2. The number of amides is 1. The number of aromatic nitrogens is 2. The highest BCUT2D eigenvalue weighted by Gasteiger charge is 2.47. The molecule has 1 saturated heterocycles. The van der Waals surface area contributed by atoms with E-state index < -0.39 is 23.5 Å². The number of aliphatic hydroxyl groups is 1. The monoisotopic (exact) mass is 413 g/mol. The number of fused-ring (bicyclic) bond motifs is 1. The number of pyridine rings is 1. The van der Waals surface area contributed by atoms with Gasteiger partial charge in [0.2, 0.25) is 0 Å². The van der Waals surface area contributed by atoms with Crippen molar-refractivity contribution in [1.82, 2.24) is 9.97 Å². The van der Waals surface area contributed by atoms with Crippen LogP contribution in [0.2, 0.25) is 0 Å². The second kappa shape index (κ2) is 7.21. The molecular weight excluding hydrogens is 397 g/mol. The lowest BCUT2D eigenvalue weighted by molar-refractivity contribution is -0.132. The number of rotatable bonds is 3. The molecule has 1 fully saturated rings. The number of nitrogens with one attached hydrogen (secondary N) is 1. The molecule has 0 radical (unpaired) electrons. The molecule has 1 aliphatic rings. The molecule has 0 bridgehead atoms. The van der Waals surface area contributed by atoms with Gasteiger partial charge in [0.15, 0.2) is 0 Å². The minimum absolute atomic E-state index is 0.0368. The zero-order chi connectivity index (χ0) is 21.5. The van der Waals surface area contributed by atoms with E-state index in [9.17, 15) is 19.1 Å². The minimum Gasteiger partial charge on any atom is -0.507 e. The summed E-state index contributed by atoms with van der Waals surface area (Å²) in [4.78, 5) is 34.6. The van der Waals surface area contributed by atoms with Gasteiger partial charge in [-0.15, -0.1) is 0 Å². The lowest BCUT2D eigenvalue weighted by Gasteiger charge is -2.25. The van der Waals surface area contributed by atoms with Crippen molar-refractivity contribution < 1.29 is 19.1 Å². The lowest BCUT2D eigenvalue weighted by atomic mass is 9.95. The van der Waals surface area contributed by atoms with Crippen LogP contribution in [0.4, 0.5) is 10.1 Å². The van der Waals surface area contributed by atoms with E-state index in [2.05, 4.69) is 9.97 Å². The molecule has 0 spiro atoms. The van der Waals surface area contributed by atoms with Crippen LogP contribution in [-0.2, 0) is 9.59 Å². The van der Waals surface area contributed by atoms with Crippen LogP contribution in [0.25, 0.3) is 16.7 Å². The average Bonchev–Trinajstić information content (AvgIpc) is 3.33. The highest BCUT2D eigenvalue weighted by molar-refractivity contribution is 6.51. The minimum atomic E-state index is -0.894. The number of halogens is 1. The van der Waals surface area contributed by atoms with Crippen molar-refractivity contribution in [2.24, 2.45) is 0 Å². The molecule has 2 aromatic carbocycles. The van der Waals surface area contributed by atoms with Gasteiger partial charge < -0.3 is 10.1 Å². The number of anilines is 1. The Bertz CT molecular complexity index is 1340. The van der Waals surface area contributed by atoms with Gasteiger partial charge in [-0.1, -0.05) is 18.2 Å². The van der Waals surface area contributed by atoms with Gasteiger partial charge in [-0.2, -0.15) is 0 Å². The standard InChI is InChI=1S/C24H16FN3O3/c25-15-5-7-16(8-6-15)28-21(18-13-27-19-4-2-1-3-17(18)19)20(23(30)24(28)31)22(29)14-9-11-26-12-10-14/h1-13,21,27,29H/b22-20+. The van der Waals surface area contributed by atoms with Crippen LogP contribution < -0.4 is 4.90 Å². The largest absolute Gasteiger partial charge is 0.507 e. The fraction of sp³-hybridized carbons (Fsp3) is 0.0417. The van der Waals surface area contributed by atoms with E-state index in [0.29, 0.717) is 16.8 Å². The first-order valence-electron chi connectivity index (χ1n) is 9.59. The third-order valence-corrected chi connectivity index (χ3v) is 5.42. The van der Waals surface area contributed by atoms with Crippen LogP contribution >= 0.6 is 0 Å². The van der Waals surface area contributed by atoms with Crippen LogP contribution in [0, 0.1) is 5.82 Å². The number of nitrogens with zero attached hydrogens (tertiary/aromatic N) is 2. The van der Waals surface area contributed by atoms with Gasteiger partial charge in [0.1, 0.15) is 11.6 Å². The Morgan fingerprint density at radius 1 is 1.00 bits per heavy atom. The second-order valence-electron chi connectivity index (χ2n) is 7.17. The number of ketones is 1. The van der Waals surface area contributed by atoms with E-state index in [1.54, 1.807) is 18.3 Å². The summed E-state index contributed by atoms with van der Waals surface area (Å²) in [6.45, 7) is 0. The fourth-order valence-corrected chi connectivity index (χ4v) is 3.98. The molecule has 152 valence electrons. The van der Waals surface area contributed by atoms with Crippen molar-refractivity contribution in [3.8, 4) is 0 Å². The SMILES string of the molecule is O=C1C(=O)N(c2ccc(F)cc2)C(c2c[nH]c3ccccc23)/C1=C(\O)c1ccncc1. The van der Waals surface area contributed by atoms with Crippen molar-refractivity contribution in [2.75, 3.05) is 4.90 Å². The van der Waals surface area contributed by atoms with E-state index in [1.807, 2.05) is 24.3 Å². The average molecular weight is 413 g/mol. The van der Waals surface area contributed by atoms with E-state index >= 15 is 0 Å². The molecular formula is C24H16FN3O3. The summed E-state index contributed by atoms with van der Waals surface area (Å²) in [7, 11) is 0. The normalized spacial score (nSPS) is 18.1. The summed E-state index contributed by atoms with van der Waals surface area (Å²) >= 11 is 0. The molecule has 2 N–H and O–H groups in total. The molecule has 6 nitrogen and oxygen atoms in total. The Labute approximate surface area is 176 Å². The van der Waals surface area contributed by atoms with Crippen molar-refractivity contribution in [3.05, 3.63) is 102 Å². The van der Waals surface area contributed by atoms with Gasteiger partial charge in [0.05, 0.1) is 11.6 Å². The van der Waals surface area contributed by atoms with E-state index in [1.165, 1.54) is 41.6 Å². The Balaban J connectivity index is 1.78. The molecule has 1 aliphatic heterocycles. The van der Waals surface area contributed by atoms with Gasteiger partial charge in [0.25, 0.3) is 11.7 Å². The number of H-pyrrole nitrogens is 1. The Kier molecular flexibility index (Phi) is 4.36. The summed E-state index contributed by atoms with van der Waals surface area (Å²) in [5.41, 5.74) is 2.16. The zero-order valence-corrected chi connectivity index (χ0v) is 16.1. The number of carbonyl (C=O) groups excluding carboxylic acids is 2. The topological polar surface area (TPSA) is 86.3 Å². The number of aromatic amines is 1. The molecule has 1 atom stereocenters. The van der Waals surface area contributed by atoms with Gasteiger partial charge in [-0.05, 0) is 42.5 Å². The van der Waals surface area contributed by atoms with Crippen LogP contribution in [0.1, 0.15) is 17.2 Å². The summed E-state index contributed by atoms with van der Waals surface area (Å²) in [6.07, 6.45) is 4.70. The molecule has 1 unspecified atom stereocenters. The number of para-hydroxylation sites is 1. The van der Waals surface area contributed by atoms with Crippen molar-refractivity contribution in [1.29, 1.82) is 0 Å². The number of carbonyl (C=O) groups is 2. The quantitative estimate of drug-likeness (QED) is 0.297. The highest BCUT2D eigenvalue weighted by atomic mass is 19.1. The molecule has 2 aromatic heterocycles. The molecule has 3 heterocycles. The number of hydrogen-bond donors (Lipinski definition) is 2. The smallest absolute Gasteiger partial charge is 0.300 e. The number of aliphatic hydroxyl groups excluding tert-OH is 1. The third-order valence-electron chi connectivity index (χ3n) is 5.42. The van der Waals surface area contributed by atoms with E-state index in [-0.39, 0.29) is 11.3 Å². The zero-order valence-electron chi connectivity index (χ0n) is 16.1. The Morgan fingerprint density at radius 2 is 1.71 bits per heavy atom. The molecule has 5 rings (SSSR count). The number of hydrogen-bond acceptors (Lipinski definition) is 4. The second-order valence-corrected chi connectivity index (χ2v) is 7.17. The summed E-state index contributed by atoms with van der Waals surface area (Å²) in [5.74, 6) is -2.35. The van der Waals surface area contributed by atoms with E-state index in [4.69, 9.17) is 0 Å². The maximum absolute atomic E-state index is 13.5. The highest BCUT2D eigenvalue weighted by Crippen LogP contribution is 2.44.